The van der Waals surface area contributed by atoms with Crippen LogP contribution in [0.25, 0.3) is 0 Å². The number of halogens is 1. The molecule has 13 heteroatoms. The van der Waals surface area contributed by atoms with Gasteiger partial charge in [0.1, 0.15) is 23.9 Å². The first-order chi connectivity index (χ1) is 17.8. The summed E-state index contributed by atoms with van der Waals surface area (Å²) in [6, 6.07) is 1.65. The van der Waals surface area contributed by atoms with Crippen LogP contribution in [0, 0.1) is 5.82 Å². The van der Waals surface area contributed by atoms with Crippen LogP contribution in [0.2, 0.25) is 0 Å². The Morgan fingerprint density at radius 2 is 1.79 bits per heavy atom. The number of amides is 2. The largest absolute Gasteiger partial charge is 0.534 e. The van der Waals surface area contributed by atoms with Crippen molar-refractivity contribution in [3.63, 3.8) is 0 Å². The minimum Gasteiger partial charge on any atom is -0.403 e. The van der Waals surface area contributed by atoms with E-state index in [1.54, 1.807) is 6.07 Å². The fourth-order valence-corrected chi connectivity index (χ4v) is 5.67. The number of likely N-dealkylation sites (N-methyl/N-ethyl adjacent to an activating group) is 1. The second-order valence-electron chi connectivity index (χ2n) is 11.8. The van der Waals surface area contributed by atoms with Gasteiger partial charge in [0.05, 0.1) is 12.2 Å². The SMILES string of the molecule is CNC(=O)/C(C)=C\N(C=O)C1CCC(C(O)(O)OP2(=O)OCc3c(F)c(C(C)(C)C)cc(C(C)(C)C)c3O2)O1. The summed E-state index contributed by atoms with van der Waals surface area (Å²) in [6.07, 6.45) is -0.588. The van der Waals surface area contributed by atoms with Gasteiger partial charge in [-0.25, -0.2) is 13.5 Å². The number of phosphoric acid groups is 1. The molecule has 39 heavy (non-hydrogen) atoms. The summed E-state index contributed by atoms with van der Waals surface area (Å²) in [7, 11) is -3.24. The number of nitrogens with zero attached hydrogens (tertiary/aromatic N) is 1. The lowest BCUT2D eigenvalue weighted by Gasteiger charge is -2.36. The van der Waals surface area contributed by atoms with E-state index >= 15 is 4.39 Å². The van der Waals surface area contributed by atoms with Crippen molar-refractivity contribution in [2.75, 3.05) is 7.05 Å². The highest BCUT2D eigenvalue weighted by molar-refractivity contribution is 7.49. The molecule has 3 N–H and O–H groups in total. The maximum Gasteiger partial charge on any atom is 0.534 e. The van der Waals surface area contributed by atoms with Gasteiger partial charge in [0, 0.05) is 24.4 Å². The minimum atomic E-state index is -4.68. The van der Waals surface area contributed by atoms with E-state index in [2.05, 4.69) is 5.32 Å². The molecule has 0 radical (unpaired) electrons. The Bertz CT molecular complexity index is 1200. The maximum absolute atomic E-state index is 15.5. The molecule has 3 rings (SSSR count). The summed E-state index contributed by atoms with van der Waals surface area (Å²) >= 11 is 0. The molecular weight excluding hydrogens is 534 g/mol. The Morgan fingerprint density at radius 3 is 2.33 bits per heavy atom. The summed E-state index contributed by atoms with van der Waals surface area (Å²) < 4.78 is 50.5. The molecule has 1 aromatic carbocycles. The van der Waals surface area contributed by atoms with E-state index < -0.39 is 55.3 Å². The molecule has 0 aromatic heterocycles. The van der Waals surface area contributed by atoms with Gasteiger partial charge in [0.15, 0.2) is 0 Å². The van der Waals surface area contributed by atoms with Crippen molar-refractivity contribution >= 4 is 20.1 Å². The summed E-state index contributed by atoms with van der Waals surface area (Å²) in [5.41, 5.74) is 0.157. The van der Waals surface area contributed by atoms with Crippen LogP contribution < -0.4 is 9.84 Å². The van der Waals surface area contributed by atoms with E-state index in [0.717, 1.165) is 4.90 Å². The highest BCUT2D eigenvalue weighted by Gasteiger charge is 2.52. The first-order valence-electron chi connectivity index (χ1n) is 12.6. The summed E-state index contributed by atoms with van der Waals surface area (Å²) in [4.78, 5) is 24.4. The molecular formula is C26H38FN2O9P. The average molecular weight is 573 g/mol. The van der Waals surface area contributed by atoms with Crippen molar-refractivity contribution in [1.82, 2.24) is 10.2 Å². The van der Waals surface area contributed by atoms with Crippen molar-refractivity contribution in [3.8, 4) is 5.75 Å². The molecule has 2 amide bonds. The van der Waals surface area contributed by atoms with E-state index in [-0.39, 0.29) is 29.7 Å². The molecule has 3 unspecified atom stereocenters. The molecule has 3 atom stereocenters. The van der Waals surface area contributed by atoms with Crippen molar-refractivity contribution in [3.05, 3.63) is 40.3 Å². The highest BCUT2D eigenvalue weighted by atomic mass is 31.2. The number of ether oxygens (including phenoxy) is 1. The number of nitrogens with one attached hydrogen (secondary N) is 1. The topological polar surface area (TPSA) is 144 Å². The van der Waals surface area contributed by atoms with Crippen LogP contribution in [0.15, 0.2) is 17.8 Å². The zero-order valence-electron chi connectivity index (χ0n) is 23.5. The average Bonchev–Trinajstić information content (AvgIpc) is 3.31. The van der Waals surface area contributed by atoms with Gasteiger partial charge in [-0.05, 0) is 42.2 Å². The zero-order chi connectivity index (χ0) is 29.6. The Balaban J connectivity index is 1.85. The van der Waals surface area contributed by atoms with Crippen LogP contribution in [0.3, 0.4) is 0 Å². The normalized spacial score (nSPS) is 24.1. The molecule has 1 aromatic rings. The second kappa shape index (κ2) is 10.9. The first kappa shape index (κ1) is 31.2. The van der Waals surface area contributed by atoms with Crippen LogP contribution in [-0.4, -0.2) is 52.8 Å². The number of hydrogen-bond donors (Lipinski definition) is 3. The summed E-state index contributed by atoms with van der Waals surface area (Å²) in [5.74, 6) is -4.16. The van der Waals surface area contributed by atoms with Crippen LogP contribution in [0.5, 0.6) is 5.75 Å². The molecule has 1 fully saturated rings. The van der Waals surface area contributed by atoms with Gasteiger partial charge in [-0.2, -0.15) is 0 Å². The number of aliphatic hydroxyl groups is 2. The fourth-order valence-electron chi connectivity index (χ4n) is 4.36. The van der Waals surface area contributed by atoms with Gasteiger partial charge in [0.2, 0.25) is 12.3 Å². The Labute approximate surface area is 227 Å². The predicted octanol–water partition coefficient (Wildman–Crippen LogP) is 3.71. The lowest BCUT2D eigenvalue weighted by atomic mass is 9.78. The van der Waals surface area contributed by atoms with Crippen LogP contribution >= 0.6 is 7.82 Å². The second-order valence-corrected chi connectivity index (χ2v) is 13.3. The third kappa shape index (κ3) is 6.70. The van der Waals surface area contributed by atoms with Crippen molar-refractivity contribution in [2.45, 2.75) is 97.0 Å². The monoisotopic (exact) mass is 572 g/mol. The fraction of sp³-hybridized carbons (Fsp3) is 0.615. The third-order valence-electron chi connectivity index (χ3n) is 6.54. The molecule has 1 saturated heterocycles. The Kier molecular flexibility index (Phi) is 8.73. The van der Waals surface area contributed by atoms with Crippen LogP contribution in [-0.2, 0) is 45.4 Å². The van der Waals surface area contributed by atoms with Gasteiger partial charge in [0.25, 0.3) is 0 Å². The van der Waals surface area contributed by atoms with E-state index in [0.29, 0.717) is 17.5 Å². The van der Waals surface area contributed by atoms with Gasteiger partial charge in [-0.3, -0.25) is 19.0 Å². The number of phosphoric ester groups is 1. The molecule has 0 bridgehead atoms. The van der Waals surface area contributed by atoms with Crippen molar-refractivity contribution in [2.24, 2.45) is 0 Å². The van der Waals surface area contributed by atoms with E-state index in [1.165, 1.54) is 20.2 Å². The Hall–Kier alpha value is -2.34. The predicted molar refractivity (Wildman–Crippen MR) is 139 cm³/mol. The van der Waals surface area contributed by atoms with Crippen molar-refractivity contribution in [1.29, 1.82) is 0 Å². The molecule has 11 nitrogen and oxygen atoms in total. The van der Waals surface area contributed by atoms with E-state index in [4.69, 9.17) is 18.3 Å². The molecule has 0 spiro atoms. The van der Waals surface area contributed by atoms with Crippen molar-refractivity contribution < 1.29 is 47.1 Å². The van der Waals surface area contributed by atoms with E-state index in [9.17, 15) is 24.4 Å². The summed E-state index contributed by atoms with van der Waals surface area (Å²) in [6.45, 7) is 12.2. The molecule has 0 aliphatic carbocycles. The number of rotatable bonds is 7. The first-order valence-corrected chi connectivity index (χ1v) is 14.0. The lowest BCUT2D eigenvalue weighted by molar-refractivity contribution is -0.349. The highest BCUT2D eigenvalue weighted by Crippen LogP contribution is 2.59. The molecule has 2 aliphatic heterocycles. The van der Waals surface area contributed by atoms with E-state index in [1.807, 2.05) is 41.5 Å². The van der Waals surface area contributed by atoms with Gasteiger partial charge >= 0.3 is 13.8 Å². The smallest absolute Gasteiger partial charge is 0.403 e. The summed E-state index contributed by atoms with van der Waals surface area (Å²) in [5, 5.41) is 23.8. The number of carbonyl (C=O) groups excluding carboxylic acids is 2. The van der Waals surface area contributed by atoms with Gasteiger partial charge in [-0.1, -0.05) is 41.5 Å². The number of carbonyl (C=O) groups is 2. The molecule has 2 aliphatic rings. The number of benzene rings is 1. The minimum absolute atomic E-state index is 0.0116. The molecule has 0 saturated carbocycles. The van der Waals surface area contributed by atoms with Crippen LogP contribution in [0.4, 0.5) is 4.39 Å². The van der Waals surface area contributed by atoms with Gasteiger partial charge in [-0.15, -0.1) is 0 Å². The van der Waals surface area contributed by atoms with Crippen LogP contribution in [0.1, 0.15) is 78.0 Å². The quantitative estimate of drug-likeness (QED) is 0.193. The number of hydrogen-bond acceptors (Lipinski definition) is 9. The Morgan fingerprint density at radius 1 is 1.18 bits per heavy atom. The lowest BCUT2D eigenvalue weighted by Crippen LogP contribution is -2.45. The maximum atomic E-state index is 15.5. The molecule has 2 heterocycles. The standard InChI is InChI=1S/C26H38FN2O9P/c1-15(23(31)28-8)12-29(14-30)20-10-9-19(36-20)26(32,33)38-39(34)35-13-16-21(27)17(24(2,3)4)11-18(22(16)37-39)25(5,6)7/h11-12,14,19-20,32-33H,9-10,13H2,1-8H3,(H,28,31)/b15-12-. The zero-order valence-corrected chi connectivity index (χ0v) is 24.4. The number of fused-ring (bicyclic) bond motifs is 1. The molecule has 218 valence electrons. The third-order valence-corrected chi connectivity index (χ3v) is 7.88. The van der Waals surface area contributed by atoms with Gasteiger partial charge < -0.3 is 24.8 Å².